The third kappa shape index (κ3) is 4.69. The lowest BCUT2D eigenvalue weighted by Gasteiger charge is -2.21. The molecular weight excluding hydrogens is 427 g/mol. The Hall–Kier alpha value is -4.21. The Morgan fingerprint density at radius 1 is 1.09 bits per heavy atom. The summed E-state index contributed by atoms with van der Waals surface area (Å²) < 4.78 is 21.2. The molecule has 0 saturated heterocycles. The van der Waals surface area contributed by atoms with Crippen LogP contribution in [0.1, 0.15) is 41.8 Å². The average Bonchev–Trinajstić information content (AvgIpc) is 3.40. The van der Waals surface area contributed by atoms with Crippen molar-refractivity contribution in [1.29, 1.82) is 0 Å². The topological polar surface area (TPSA) is 114 Å². The highest BCUT2D eigenvalue weighted by molar-refractivity contribution is 6.05. The summed E-state index contributed by atoms with van der Waals surface area (Å²) in [4.78, 5) is 25.1. The van der Waals surface area contributed by atoms with Gasteiger partial charge in [-0.05, 0) is 49.2 Å². The molecule has 9 nitrogen and oxygen atoms in total. The van der Waals surface area contributed by atoms with Gasteiger partial charge in [-0.3, -0.25) is 9.20 Å². The minimum atomic E-state index is -0.634. The first kappa shape index (κ1) is 22.0. The lowest BCUT2D eigenvalue weighted by molar-refractivity contribution is 0.102. The maximum absolute atomic E-state index is 14.3. The van der Waals surface area contributed by atoms with E-state index in [0.29, 0.717) is 28.5 Å². The van der Waals surface area contributed by atoms with Gasteiger partial charge >= 0.3 is 6.03 Å². The third-order valence-corrected chi connectivity index (χ3v) is 5.15. The average molecular weight is 450 g/mol. The summed E-state index contributed by atoms with van der Waals surface area (Å²) in [6.07, 6.45) is 3.21. The molecule has 0 spiro atoms. The molecule has 0 fully saturated rings. The summed E-state index contributed by atoms with van der Waals surface area (Å²) in [5, 5.41) is 16.5. The van der Waals surface area contributed by atoms with Crippen LogP contribution in [0, 0.1) is 18.7 Å². The van der Waals surface area contributed by atoms with Gasteiger partial charge < -0.3 is 20.4 Å². The molecule has 3 aromatic heterocycles. The number of carbonyl (C=O) groups is 2. The van der Waals surface area contributed by atoms with Crippen LogP contribution >= 0.6 is 0 Å². The van der Waals surface area contributed by atoms with Gasteiger partial charge in [-0.2, -0.15) is 0 Å². The van der Waals surface area contributed by atoms with Crippen LogP contribution in [0.2, 0.25) is 0 Å². The Bertz CT molecular complexity index is 1310. The fourth-order valence-electron chi connectivity index (χ4n) is 3.42. The van der Waals surface area contributed by atoms with Gasteiger partial charge in [0.2, 0.25) is 0 Å². The summed E-state index contributed by atoms with van der Waals surface area (Å²) >= 11 is 0. The third-order valence-electron chi connectivity index (χ3n) is 5.15. The largest absolute Gasteiger partial charge is 0.469 e. The van der Waals surface area contributed by atoms with Crippen molar-refractivity contribution in [2.45, 2.75) is 26.8 Å². The first-order chi connectivity index (χ1) is 15.8. The summed E-state index contributed by atoms with van der Waals surface area (Å²) in [7, 11) is 0. The fourth-order valence-corrected chi connectivity index (χ4v) is 3.42. The van der Waals surface area contributed by atoms with Crippen LogP contribution in [0.5, 0.6) is 0 Å². The number of aryl methyl sites for hydroxylation is 1. The number of pyridine rings is 1. The van der Waals surface area contributed by atoms with E-state index >= 15 is 0 Å². The van der Waals surface area contributed by atoms with Crippen LogP contribution in [-0.4, -0.2) is 26.5 Å². The molecule has 10 heteroatoms. The number of furan rings is 1. The molecule has 170 valence electrons. The number of fused-ring (bicyclic) bond motifs is 1. The van der Waals surface area contributed by atoms with E-state index in [2.05, 4.69) is 26.1 Å². The van der Waals surface area contributed by atoms with E-state index in [0.717, 1.165) is 0 Å². The predicted octanol–water partition coefficient (Wildman–Crippen LogP) is 4.54. The standard InChI is InChI=1S/C23H23FN6O3/c1-13(2)20(21-29-28-19-6-4-5-10-30(19)21)27-23(32)25-15-7-8-17(24)18(12-15)26-22(31)16-9-11-33-14(16)3/h4-13,20H,1-3H3,(H,26,31)(H2,25,27,32). The van der Waals surface area contributed by atoms with E-state index in [1.54, 1.807) is 6.92 Å². The first-order valence-electron chi connectivity index (χ1n) is 10.4. The smallest absolute Gasteiger partial charge is 0.319 e. The molecule has 1 unspecified atom stereocenters. The Morgan fingerprint density at radius 3 is 2.64 bits per heavy atom. The predicted molar refractivity (Wildman–Crippen MR) is 121 cm³/mol. The SMILES string of the molecule is Cc1occc1C(=O)Nc1cc(NC(=O)NC(c2nnc3ccccn23)C(C)C)ccc1F. The maximum atomic E-state index is 14.3. The highest BCUT2D eigenvalue weighted by Gasteiger charge is 2.24. The number of aromatic nitrogens is 3. The van der Waals surface area contributed by atoms with Crippen LogP contribution in [0.4, 0.5) is 20.6 Å². The van der Waals surface area contributed by atoms with Crippen molar-refractivity contribution >= 4 is 29.0 Å². The Balaban J connectivity index is 1.49. The van der Waals surface area contributed by atoms with Crippen molar-refractivity contribution in [3.05, 3.63) is 77.9 Å². The van der Waals surface area contributed by atoms with E-state index < -0.39 is 23.8 Å². The van der Waals surface area contributed by atoms with Crippen LogP contribution < -0.4 is 16.0 Å². The van der Waals surface area contributed by atoms with Crippen LogP contribution in [0.25, 0.3) is 5.65 Å². The molecular formula is C23H23FN6O3. The number of halogens is 1. The van der Waals surface area contributed by atoms with Gasteiger partial charge in [0.05, 0.1) is 23.6 Å². The number of hydrogen-bond acceptors (Lipinski definition) is 5. The molecule has 4 aromatic rings. The van der Waals surface area contributed by atoms with Gasteiger partial charge in [0.1, 0.15) is 11.6 Å². The molecule has 0 bridgehead atoms. The molecule has 1 aromatic carbocycles. The van der Waals surface area contributed by atoms with Crippen LogP contribution in [0.15, 0.2) is 59.3 Å². The number of nitrogens with zero attached hydrogens (tertiary/aromatic N) is 3. The minimum Gasteiger partial charge on any atom is -0.469 e. The van der Waals surface area contributed by atoms with Crippen molar-refractivity contribution in [1.82, 2.24) is 19.9 Å². The van der Waals surface area contributed by atoms with Crippen molar-refractivity contribution in [2.75, 3.05) is 10.6 Å². The number of anilines is 2. The van der Waals surface area contributed by atoms with E-state index in [4.69, 9.17) is 4.42 Å². The zero-order chi connectivity index (χ0) is 23.5. The lowest BCUT2D eigenvalue weighted by atomic mass is 10.0. The van der Waals surface area contributed by atoms with Crippen LogP contribution in [-0.2, 0) is 0 Å². The van der Waals surface area contributed by atoms with Gasteiger partial charge in [0.15, 0.2) is 11.5 Å². The molecule has 3 amide bonds. The molecule has 33 heavy (non-hydrogen) atoms. The fraction of sp³-hybridized carbons (Fsp3) is 0.217. The van der Waals surface area contributed by atoms with E-state index in [-0.39, 0.29) is 11.6 Å². The van der Waals surface area contributed by atoms with Gasteiger partial charge in [-0.25, -0.2) is 9.18 Å². The number of carbonyl (C=O) groups excluding carboxylic acids is 2. The van der Waals surface area contributed by atoms with Gasteiger partial charge in [0, 0.05) is 11.9 Å². The van der Waals surface area contributed by atoms with Gasteiger partial charge in [-0.1, -0.05) is 19.9 Å². The number of benzene rings is 1. The summed E-state index contributed by atoms with van der Waals surface area (Å²) in [6, 6.07) is 10.0. The Morgan fingerprint density at radius 2 is 1.91 bits per heavy atom. The normalized spacial score (nSPS) is 12.0. The summed E-state index contributed by atoms with van der Waals surface area (Å²) in [5.41, 5.74) is 1.21. The summed E-state index contributed by atoms with van der Waals surface area (Å²) in [5.74, 6) is -0.115. The first-order valence-corrected chi connectivity index (χ1v) is 10.4. The second kappa shape index (κ2) is 9.11. The second-order valence-corrected chi connectivity index (χ2v) is 7.85. The highest BCUT2D eigenvalue weighted by Crippen LogP contribution is 2.23. The minimum absolute atomic E-state index is 0.0182. The molecule has 0 radical (unpaired) electrons. The molecule has 3 heterocycles. The molecule has 0 aliphatic rings. The molecule has 0 aliphatic carbocycles. The molecule has 0 aliphatic heterocycles. The van der Waals surface area contributed by atoms with Gasteiger partial charge in [-0.15, -0.1) is 10.2 Å². The van der Waals surface area contributed by atoms with Crippen molar-refractivity contribution in [2.24, 2.45) is 5.92 Å². The summed E-state index contributed by atoms with van der Waals surface area (Å²) in [6.45, 7) is 5.55. The number of amides is 3. The Kier molecular flexibility index (Phi) is 6.07. The van der Waals surface area contributed by atoms with Gasteiger partial charge in [0.25, 0.3) is 5.91 Å². The monoisotopic (exact) mass is 450 g/mol. The highest BCUT2D eigenvalue weighted by atomic mass is 19.1. The van der Waals surface area contributed by atoms with Crippen molar-refractivity contribution < 1.29 is 18.4 Å². The number of rotatable bonds is 6. The second-order valence-electron chi connectivity index (χ2n) is 7.85. The number of nitrogens with one attached hydrogen (secondary N) is 3. The molecule has 0 saturated carbocycles. The Labute approximate surface area is 189 Å². The van der Waals surface area contributed by atoms with Crippen molar-refractivity contribution in [3.63, 3.8) is 0 Å². The van der Waals surface area contributed by atoms with E-state index in [1.165, 1.54) is 30.5 Å². The quantitative estimate of drug-likeness (QED) is 0.399. The maximum Gasteiger partial charge on any atom is 0.319 e. The number of hydrogen-bond donors (Lipinski definition) is 3. The lowest BCUT2D eigenvalue weighted by Crippen LogP contribution is -2.36. The van der Waals surface area contributed by atoms with Crippen molar-refractivity contribution in [3.8, 4) is 0 Å². The zero-order valence-corrected chi connectivity index (χ0v) is 18.3. The molecule has 4 rings (SSSR count). The molecule has 1 atom stereocenters. The zero-order valence-electron chi connectivity index (χ0n) is 18.3. The van der Waals surface area contributed by atoms with Crippen LogP contribution in [0.3, 0.4) is 0 Å². The number of urea groups is 1. The van der Waals surface area contributed by atoms with E-state index in [1.807, 2.05) is 42.6 Å². The van der Waals surface area contributed by atoms with E-state index in [9.17, 15) is 14.0 Å². The molecule has 3 N–H and O–H groups in total.